The van der Waals surface area contributed by atoms with E-state index in [4.69, 9.17) is 5.73 Å². The van der Waals surface area contributed by atoms with Gasteiger partial charge in [0.05, 0.1) is 6.04 Å². The van der Waals surface area contributed by atoms with E-state index in [1.807, 2.05) is 31.2 Å². The van der Waals surface area contributed by atoms with E-state index in [0.29, 0.717) is 5.56 Å². The highest BCUT2D eigenvalue weighted by atomic mass is 19.2. The van der Waals surface area contributed by atoms with Gasteiger partial charge < -0.3 is 5.73 Å². The summed E-state index contributed by atoms with van der Waals surface area (Å²) in [6.45, 7) is 1.96. The third-order valence-corrected chi connectivity index (χ3v) is 2.70. The molecule has 0 heterocycles. The summed E-state index contributed by atoms with van der Waals surface area (Å²) in [5.74, 6) is -1.73. The van der Waals surface area contributed by atoms with Crippen LogP contribution in [0, 0.1) is 18.6 Å². The van der Waals surface area contributed by atoms with E-state index < -0.39 is 17.7 Å². The Labute approximate surface area is 98.9 Å². The standard InChI is InChI=1S/C14H13F2N/c1-9-3-2-4-10(7-9)14(17)11-5-6-12(15)13(16)8-11/h2-8,14H,17H2,1H3. The number of hydrogen-bond donors (Lipinski definition) is 1. The summed E-state index contributed by atoms with van der Waals surface area (Å²) >= 11 is 0. The van der Waals surface area contributed by atoms with Gasteiger partial charge in [-0.15, -0.1) is 0 Å². The van der Waals surface area contributed by atoms with Crippen LogP contribution in [0.15, 0.2) is 42.5 Å². The molecule has 0 aliphatic carbocycles. The average Bonchev–Trinajstić information content (AvgIpc) is 2.32. The van der Waals surface area contributed by atoms with Crippen LogP contribution in [0.5, 0.6) is 0 Å². The maximum absolute atomic E-state index is 13.1. The molecule has 0 fully saturated rings. The minimum Gasteiger partial charge on any atom is -0.320 e. The molecular weight excluding hydrogens is 220 g/mol. The summed E-state index contributed by atoms with van der Waals surface area (Å²) in [5.41, 5.74) is 8.55. The third kappa shape index (κ3) is 2.50. The fourth-order valence-corrected chi connectivity index (χ4v) is 1.76. The predicted octanol–water partition coefficient (Wildman–Crippen LogP) is 3.32. The maximum Gasteiger partial charge on any atom is 0.159 e. The Morgan fingerprint density at radius 3 is 2.29 bits per heavy atom. The molecule has 1 atom stereocenters. The van der Waals surface area contributed by atoms with Crippen LogP contribution in [0.25, 0.3) is 0 Å². The number of aryl methyl sites for hydroxylation is 1. The lowest BCUT2D eigenvalue weighted by Gasteiger charge is -2.13. The van der Waals surface area contributed by atoms with Crippen molar-refractivity contribution in [3.8, 4) is 0 Å². The lowest BCUT2D eigenvalue weighted by Crippen LogP contribution is -2.12. The monoisotopic (exact) mass is 233 g/mol. The zero-order valence-electron chi connectivity index (χ0n) is 9.45. The van der Waals surface area contributed by atoms with Crippen LogP contribution < -0.4 is 5.73 Å². The number of hydrogen-bond acceptors (Lipinski definition) is 1. The molecule has 0 bridgehead atoms. The normalized spacial score (nSPS) is 12.5. The largest absolute Gasteiger partial charge is 0.320 e. The summed E-state index contributed by atoms with van der Waals surface area (Å²) in [7, 11) is 0. The maximum atomic E-state index is 13.1. The van der Waals surface area contributed by atoms with E-state index in [0.717, 1.165) is 23.3 Å². The van der Waals surface area contributed by atoms with E-state index in [9.17, 15) is 8.78 Å². The van der Waals surface area contributed by atoms with Crippen LogP contribution in [0.3, 0.4) is 0 Å². The average molecular weight is 233 g/mol. The Hall–Kier alpha value is -1.74. The van der Waals surface area contributed by atoms with Crippen molar-refractivity contribution in [2.24, 2.45) is 5.73 Å². The molecule has 1 nitrogen and oxygen atoms in total. The van der Waals surface area contributed by atoms with Crippen molar-refractivity contribution in [1.82, 2.24) is 0 Å². The van der Waals surface area contributed by atoms with Gasteiger partial charge in [-0.05, 0) is 30.2 Å². The second-order valence-corrected chi connectivity index (χ2v) is 4.07. The molecule has 0 saturated carbocycles. The van der Waals surface area contributed by atoms with E-state index in [1.165, 1.54) is 6.07 Å². The van der Waals surface area contributed by atoms with E-state index in [-0.39, 0.29) is 0 Å². The molecule has 2 aromatic carbocycles. The van der Waals surface area contributed by atoms with Crippen molar-refractivity contribution >= 4 is 0 Å². The molecule has 88 valence electrons. The Morgan fingerprint density at radius 2 is 1.65 bits per heavy atom. The van der Waals surface area contributed by atoms with Crippen molar-refractivity contribution in [1.29, 1.82) is 0 Å². The zero-order chi connectivity index (χ0) is 12.4. The first-order valence-electron chi connectivity index (χ1n) is 5.35. The second-order valence-electron chi connectivity index (χ2n) is 4.07. The van der Waals surface area contributed by atoms with Crippen molar-refractivity contribution < 1.29 is 8.78 Å². The lowest BCUT2D eigenvalue weighted by molar-refractivity contribution is 0.506. The quantitative estimate of drug-likeness (QED) is 0.846. The van der Waals surface area contributed by atoms with Gasteiger partial charge in [-0.2, -0.15) is 0 Å². The first-order valence-corrected chi connectivity index (χ1v) is 5.35. The molecule has 0 aliphatic heterocycles. The fraction of sp³-hybridized carbons (Fsp3) is 0.143. The van der Waals surface area contributed by atoms with Crippen molar-refractivity contribution in [2.75, 3.05) is 0 Å². The highest BCUT2D eigenvalue weighted by Gasteiger charge is 2.11. The van der Waals surface area contributed by atoms with Gasteiger partial charge in [0.25, 0.3) is 0 Å². The number of benzene rings is 2. The van der Waals surface area contributed by atoms with Crippen LogP contribution in [0.2, 0.25) is 0 Å². The van der Waals surface area contributed by atoms with Gasteiger partial charge in [-0.3, -0.25) is 0 Å². The number of halogens is 2. The molecule has 0 aromatic heterocycles. The van der Waals surface area contributed by atoms with Gasteiger partial charge in [0, 0.05) is 0 Å². The van der Waals surface area contributed by atoms with Gasteiger partial charge in [0.15, 0.2) is 11.6 Å². The summed E-state index contributed by atoms with van der Waals surface area (Å²) in [5, 5.41) is 0. The van der Waals surface area contributed by atoms with Crippen molar-refractivity contribution in [3.63, 3.8) is 0 Å². The summed E-state index contributed by atoms with van der Waals surface area (Å²) in [4.78, 5) is 0. The second kappa shape index (κ2) is 4.63. The van der Waals surface area contributed by atoms with Crippen LogP contribution in [0.4, 0.5) is 8.78 Å². The Morgan fingerprint density at radius 1 is 0.941 bits per heavy atom. The molecule has 17 heavy (non-hydrogen) atoms. The molecule has 2 aromatic rings. The Bertz CT molecular complexity index is 537. The summed E-state index contributed by atoms with van der Waals surface area (Å²) in [6, 6.07) is 11.0. The molecule has 2 rings (SSSR count). The van der Waals surface area contributed by atoms with Crippen molar-refractivity contribution in [3.05, 3.63) is 70.8 Å². The molecule has 1 unspecified atom stereocenters. The topological polar surface area (TPSA) is 26.0 Å². The molecule has 0 aliphatic rings. The number of rotatable bonds is 2. The van der Waals surface area contributed by atoms with Gasteiger partial charge in [-0.25, -0.2) is 8.78 Å². The van der Waals surface area contributed by atoms with Crippen LogP contribution in [-0.2, 0) is 0 Å². The Balaban J connectivity index is 2.36. The van der Waals surface area contributed by atoms with Crippen LogP contribution in [0.1, 0.15) is 22.7 Å². The smallest absolute Gasteiger partial charge is 0.159 e. The van der Waals surface area contributed by atoms with Gasteiger partial charge in [-0.1, -0.05) is 35.9 Å². The van der Waals surface area contributed by atoms with E-state index in [1.54, 1.807) is 0 Å². The highest BCUT2D eigenvalue weighted by molar-refractivity contribution is 5.33. The van der Waals surface area contributed by atoms with Gasteiger partial charge in [0.1, 0.15) is 0 Å². The fourth-order valence-electron chi connectivity index (χ4n) is 1.76. The summed E-state index contributed by atoms with van der Waals surface area (Å²) < 4.78 is 25.9. The first kappa shape index (κ1) is 11.7. The molecule has 0 radical (unpaired) electrons. The SMILES string of the molecule is Cc1cccc(C(N)c2ccc(F)c(F)c2)c1. The third-order valence-electron chi connectivity index (χ3n) is 2.70. The Kier molecular flexibility index (Phi) is 3.20. The molecule has 0 amide bonds. The zero-order valence-corrected chi connectivity index (χ0v) is 9.45. The van der Waals surface area contributed by atoms with Crippen LogP contribution >= 0.6 is 0 Å². The number of nitrogens with two attached hydrogens (primary N) is 1. The molecule has 0 saturated heterocycles. The van der Waals surface area contributed by atoms with Gasteiger partial charge in [0.2, 0.25) is 0 Å². The molecule has 0 spiro atoms. The molecule has 3 heteroatoms. The minimum atomic E-state index is -0.870. The summed E-state index contributed by atoms with van der Waals surface area (Å²) in [6.07, 6.45) is 0. The minimum absolute atomic E-state index is 0.440. The van der Waals surface area contributed by atoms with E-state index in [2.05, 4.69) is 0 Å². The van der Waals surface area contributed by atoms with Crippen LogP contribution in [-0.4, -0.2) is 0 Å². The first-order chi connectivity index (χ1) is 8.08. The van der Waals surface area contributed by atoms with Crippen molar-refractivity contribution in [2.45, 2.75) is 13.0 Å². The predicted molar refractivity (Wildman–Crippen MR) is 63.6 cm³/mol. The molecule has 2 N–H and O–H groups in total. The highest BCUT2D eigenvalue weighted by Crippen LogP contribution is 2.21. The van der Waals surface area contributed by atoms with Gasteiger partial charge >= 0.3 is 0 Å². The molecular formula is C14H13F2N. The van der Waals surface area contributed by atoms with E-state index >= 15 is 0 Å². The lowest BCUT2D eigenvalue weighted by atomic mass is 9.98.